The van der Waals surface area contributed by atoms with Crippen molar-refractivity contribution < 1.29 is 9.59 Å². The van der Waals surface area contributed by atoms with E-state index in [0.717, 1.165) is 6.42 Å². The lowest BCUT2D eigenvalue weighted by Crippen LogP contribution is -2.53. The molecule has 0 aromatic heterocycles. The summed E-state index contributed by atoms with van der Waals surface area (Å²) in [5.74, 6) is 0.319. The Morgan fingerprint density at radius 1 is 1.44 bits per heavy atom. The van der Waals surface area contributed by atoms with Crippen molar-refractivity contribution >= 4 is 11.8 Å². The van der Waals surface area contributed by atoms with Crippen molar-refractivity contribution in [3.63, 3.8) is 0 Å². The summed E-state index contributed by atoms with van der Waals surface area (Å²) < 4.78 is 0. The van der Waals surface area contributed by atoms with Crippen LogP contribution in [0.3, 0.4) is 0 Å². The van der Waals surface area contributed by atoms with Crippen LogP contribution < -0.4 is 16.4 Å². The molecule has 0 spiro atoms. The first-order chi connectivity index (χ1) is 8.31. The molecule has 0 aromatic carbocycles. The summed E-state index contributed by atoms with van der Waals surface area (Å²) in [5, 5.41) is 6.21. The lowest BCUT2D eigenvalue weighted by molar-refractivity contribution is -0.122. The number of carbonyl (C=O) groups is 2. The highest BCUT2D eigenvalue weighted by molar-refractivity contribution is 5.82. The predicted molar refractivity (Wildman–Crippen MR) is 70.7 cm³/mol. The van der Waals surface area contributed by atoms with Gasteiger partial charge in [-0.15, -0.1) is 0 Å². The zero-order valence-electron chi connectivity index (χ0n) is 11.7. The van der Waals surface area contributed by atoms with Gasteiger partial charge in [0, 0.05) is 18.5 Å². The fourth-order valence-electron chi connectivity index (χ4n) is 2.45. The van der Waals surface area contributed by atoms with Crippen LogP contribution in [0.25, 0.3) is 0 Å². The third-order valence-electron chi connectivity index (χ3n) is 3.33. The monoisotopic (exact) mass is 255 g/mol. The van der Waals surface area contributed by atoms with E-state index in [9.17, 15) is 9.59 Å². The molecule has 3 atom stereocenters. The van der Waals surface area contributed by atoms with Gasteiger partial charge in [0.15, 0.2) is 0 Å². The van der Waals surface area contributed by atoms with Crippen molar-refractivity contribution in [2.24, 2.45) is 17.6 Å². The van der Waals surface area contributed by atoms with Crippen LogP contribution >= 0.6 is 0 Å². The minimum absolute atomic E-state index is 0.000185. The molecular formula is C13H25N3O2. The van der Waals surface area contributed by atoms with E-state index < -0.39 is 0 Å². The molecule has 18 heavy (non-hydrogen) atoms. The predicted octanol–water partition coefficient (Wildman–Crippen LogP) is 0.389. The van der Waals surface area contributed by atoms with Gasteiger partial charge in [0.05, 0.1) is 6.04 Å². The average molecular weight is 255 g/mol. The number of carbonyl (C=O) groups excluding carboxylic acids is 2. The lowest BCUT2D eigenvalue weighted by Gasteiger charge is -2.27. The molecule has 0 aliphatic carbocycles. The molecule has 5 heteroatoms. The highest BCUT2D eigenvalue weighted by Gasteiger charge is 2.35. The van der Waals surface area contributed by atoms with E-state index in [4.69, 9.17) is 5.73 Å². The fraction of sp³-hybridized carbons (Fsp3) is 0.846. The maximum atomic E-state index is 11.5. The Hall–Kier alpha value is -1.10. The van der Waals surface area contributed by atoms with Gasteiger partial charge in [-0.25, -0.2) is 0 Å². The summed E-state index contributed by atoms with van der Waals surface area (Å²) in [6, 6.07) is -0.282. The quantitative estimate of drug-likeness (QED) is 0.642. The third kappa shape index (κ3) is 3.98. The minimum atomic E-state index is -0.377. The first kappa shape index (κ1) is 15.0. The Kier molecular flexibility index (Phi) is 5.14. The Balaban J connectivity index is 2.67. The first-order valence-electron chi connectivity index (χ1n) is 6.66. The molecule has 1 rings (SSSR count). The topological polar surface area (TPSA) is 84.2 Å². The molecule has 2 amide bonds. The van der Waals surface area contributed by atoms with E-state index in [2.05, 4.69) is 24.5 Å². The average Bonchev–Trinajstić information content (AvgIpc) is 2.53. The second kappa shape index (κ2) is 6.18. The molecule has 104 valence electrons. The minimum Gasteiger partial charge on any atom is -0.368 e. The van der Waals surface area contributed by atoms with Gasteiger partial charge in [0.1, 0.15) is 0 Å². The second-order valence-corrected chi connectivity index (χ2v) is 5.90. The van der Waals surface area contributed by atoms with E-state index in [1.807, 2.05) is 13.8 Å². The van der Waals surface area contributed by atoms with Gasteiger partial charge in [0.2, 0.25) is 11.8 Å². The molecular weight excluding hydrogens is 230 g/mol. The second-order valence-electron chi connectivity index (χ2n) is 5.90. The highest BCUT2D eigenvalue weighted by atomic mass is 16.2. The molecule has 0 aromatic rings. The van der Waals surface area contributed by atoms with E-state index >= 15 is 0 Å². The van der Waals surface area contributed by atoms with Crippen molar-refractivity contribution in [2.45, 2.75) is 58.7 Å². The van der Waals surface area contributed by atoms with Crippen LogP contribution in [0.2, 0.25) is 0 Å². The van der Waals surface area contributed by atoms with Crippen molar-refractivity contribution in [2.75, 3.05) is 0 Å². The Bertz CT molecular complexity index is 315. The standard InChI is InChI=1S/C13H25N3O2/c1-7(2)5-9-10(6-11(17)15-9)16-12(8(3)4)13(14)18/h7-10,12,16H,5-6H2,1-4H3,(H2,14,18)(H,15,17)/t9-,10-,12-/m0/s1. The van der Waals surface area contributed by atoms with Gasteiger partial charge in [-0.2, -0.15) is 0 Å². The fourth-order valence-corrected chi connectivity index (χ4v) is 2.45. The highest BCUT2D eigenvalue weighted by Crippen LogP contribution is 2.18. The largest absolute Gasteiger partial charge is 0.368 e. The lowest BCUT2D eigenvalue weighted by atomic mass is 9.96. The summed E-state index contributed by atoms with van der Waals surface area (Å²) in [7, 11) is 0. The van der Waals surface area contributed by atoms with Crippen LogP contribution in [0.1, 0.15) is 40.5 Å². The zero-order chi connectivity index (χ0) is 13.9. The van der Waals surface area contributed by atoms with Gasteiger partial charge in [-0.1, -0.05) is 27.7 Å². The van der Waals surface area contributed by atoms with Crippen LogP contribution in [0.4, 0.5) is 0 Å². The van der Waals surface area contributed by atoms with E-state index in [1.54, 1.807) is 0 Å². The smallest absolute Gasteiger partial charge is 0.234 e. The zero-order valence-corrected chi connectivity index (χ0v) is 11.7. The Morgan fingerprint density at radius 3 is 2.50 bits per heavy atom. The molecule has 0 radical (unpaired) electrons. The number of nitrogens with two attached hydrogens (primary N) is 1. The number of primary amides is 1. The van der Waals surface area contributed by atoms with Crippen molar-refractivity contribution in [3.8, 4) is 0 Å². The van der Waals surface area contributed by atoms with Crippen LogP contribution in [-0.4, -0.2) is 29.9 Å². The first-order valence-corrected chi connectivity index (χ1v) is 6.66. The van der Waals surface area contributed by atoms with Gasteiger partial charge >= 0.3 is 0 Å². The molecule has 0 bridgehead atoms. The van der Waals surface area contributed by atoms with Crippen LogP contribution in [-0.2, 0) is 9.59 Å². The van der Waals surface area contributed by atoms with Gasteiger partial charge in [-0.05, 0) is 18.3 Å². The summed E-state index contributed by atoms with van der Waals surface area (Å²) >= 11 is 0. The van der Waals surface area contributed by atoms with Gasteiger partial charge in [0.25, 0.3) is 0 Å². The summed E-state index contributed by atoms with van der Waals surface area (Å²) in [4.78, 5) is 22.9. The van der Waals surface area contributed by atoms with E-state index in [0.29, 0.717) is 12.3 Å². The van der Waals surface area contributed by atoms with Crippen LogP contribution in [0.15, 0.2) is 0 Å². The molecule has 1 saturated heterocycles. The molecule has 4 N–H and O–H groups in total. The molecule has 1 heterocycles. The van der Waals surface area contributed by atoms with E-state index in [-0.39, 0.29) is 35.9 Å². The molecule has 1 fully saturated rings. The summed E-state index contributed by atoms with van der Waals surface area (Å²) in [6.07, 6.45) is 1.33. The normalized spacial score (nSPS) is 25.6. The Labute approximate surface area is 109 Å². The molecule has 0 unspecified atom stereocenters. The maximum Gasteiger partial charge on any atom is 0.234 e. The number of rotatable bonds is 6. The van der Waals surface area contributed by atoms with Gasteiger partial charge in [-0.3, -0.25) is 9.59 Å². The Morgan fingerprint density at radius 2 is 2.06 bits per heavy atom. The van der Waals surface area contributed by atoms with Crippen molar-refractivity contribution in [1.82, 2.24) is 10.6 Å². The van der Waals surface area contributed by atoms with Crippen molar-refractivity contribution in [3.05, 3.63) is 0 Å². The summed E-state index contributed by atoms with van der Waals surface area (Å²) in [5.41, 5.74) is 5.39. The number of nitrogens with one attached hydrogen (secondary N) is 2. The van der Waals surface area contributed by atoms with Gasteiger partial charge < -0.3 is 16.4 Å². The van der Waals surface area contributed by atoms with Crippen LogP contribution in [0, 0.1) is 11.8 Å². The molecule has 0 saturated carbocycles. The number of hydrogen-bond donors (Lipinski definition) is 3. The van der Waals surface area contributed by atoms with Crippen LogP contribution in [0.5, 0.6) is 0 Å². The molecule has 5 nitrogen and oxygen atoms in total. The number of hydrogen-bond acceptors (Lipinski definition) is 3. The van der Waals surface area contributed by atoms with Crippen molar-refractivity contribution in [1.29, 1.82) is 0 Å². The molecule has 1 aliphatic heterocycles. The van der Waals surface area contributed by atoms with E-state index in [1.165, 1.54) is 0 Å². The SMILES string of the molecule is CC(C)C[C@@H]1NC(=O)C[C@@H]1N[C@H](C(N)=O)C(C)C. The maximum absolute atomic E-state index is 11.5. The summed E-state index contributed by atoms with van der Waals surface area (Å²) in [6.45, 7) is 8.14. The number of amides is 2. The molecule has 1 aliphatic rings. The third-order valence-corrected chi connectivity index (χ3v) is 3.33.